The first-order valence-electron chi connectivity index (χ1n) is 6.19. The van der Waals surface area contributed by atoms with Crippen LogP contribution in [0.2, 0.25) is 0 Å². The van der Waals surface area contributed by atoms with Gasteiger partial charge in [0, 0.05) is 12.1 Å². The van der Waals surface area contributed by atoms with Crippen molar-refractivity contribution >= 4 is 12.2 Å². The topological polar surface area (TPSA) is 59.3 Å². The Morgan fingerprint density at radius 1 is 1.26 bits per heavy atom. The van der Waals surface area contributed by atoms with Gasteiger partial charge < -0.3 is 9.73 Å². The smallest absolute Gasteiger partial charge is 0.252 e. The van der Waals surface area contributed by atoms with Crippen LogP contribution in [-0.2, 0) is 0 Å². The van der Waals surface area contributed by atoms with E-state index in [1.807, 2.05) is 13.0 Å². The Kier molecular flexibility index (Phi) is 4.13. The van der Waals surface area contributed by atoms with Gasteiger partial charge in [-0.1, -0.05) is 25.1 Å². The molecule has 0 aliphatic rings. The van der Waals surface area contributed by atoms with E-state index in [1.165, 1.54) is 0 Å². The van der Waals surface area contributed by atoms with Crippen LogP contribution < -0.4 is 5.32 Å². The van der Waals surface area contributed by atoms with E-state index < -0.39 is 0 Å². The van der Waals surface area contributed by atoms with Gasteiger partial charge in [0.1, 0.15) is 5.76 Å². The maximum Gasteiger partial charge on any atom is 0.252 e. The monoisotopic (exact) mass is 257 g/mol. The van der Waals surface area contributed by atoms with Crippen LogP contribution >= 0.6 is 0 Å². The summed E-state index contributed by atoms with van der Waals surface area (Å²) in [6.45, 7) is 2.62. The molecule has 0 saturated heterocycles. The van der Waals surface area contributed by atoms with Gasteiger partial charge in [0.25, 0.3) is 5.91 Å². The van der Waals surface area contributed by atoms with E-state index in [0.29, 0.717) is 29.7 Å². The molecule has 19 heavy (non-hydrogen) atoms. The zero-order valence-electron chi connectivity index (χ0n) is 10.7. The van der Waals surface area contributed by atoms with Gasteiger partial charge in [-0.25, -0.2) is 0 Å². The number of hydrogen-bond acceptors (Lipinski definition) is 3. The molecule has 0 spiro atoms. The minimum Gasteiger partial charge on any atom is -0.453 e. The lowest BCUT2D eigenvalue weighted by Crippen LogP contribution is -2.24. The molecule has 98 valence electrons. The number of benzene rings is 1. The molecule has 0 aliphatic heterocycles. The Balaban J connectivity index is 2.35. The Bertz CT molecular complexity index is 587. The molecular weight excluding hydrogens is 242 g/mol. The summed E-state index contributed by atoms with van der Waals surface area (Å²) in [5, 5.41) is 2.83. The maximum absolute atomic E-state index is 12.1. The largest absolute Gasteiger partial charge is 0.453 e. The molecule has 1 amide bonds. The molecule has 0 saturated carbocycles. The van der Waals surface area contributed by atoms with Crippen LogP contribution in [0.4, 0.5) is 0 Å². The van der Waals surface area contributed by atoms with Crippen LogP contribution in [0.25, 0.3) is 11.3 Å². The fraction of sp³-hybridized carbons (Fsp3) is 0.200. The zero-order valence-corrected chi connectivity index (χ0v) is 10.7. The van der Waals surface area contributed by atoms with Gasteiger partial charge in [-0.2, -0.15) is 0 Å². The third-order valence-corrected chi connectivity index (χ3v) is 2.72. The molecule has 2 rings (SSSR count). The summed E-state index contributed by atoms with van der Waals surface area (Å²) < 4.78 is 5.37. The van der Waals surface area contributed by atoms with Crippen molar-refractivity contribution in [2.24, 2.45) is 0 Å². The zero-order chi connectivity index (χ0) is 13.7. The summed E-state index contributed by atoms with van der Waals surface area (Å²) in [5.74, 6) is 0.629. The average molecular weight is 257 g/mol. The molecule has 0 radical (unpaired) electrons. The van der Waals surface area contributed by atoms with E-state index in [9.17, 15) is 9.59 Å². The lowest BCUT2D eigenvalue weighted by molar-refractivity contribution is 0.0954. The molecule has 0 unspecified atom stereocenters. The van der Waals surface area contributed by atoms with Crippen LogP contribution in [0.5, 0.6) is 0 Å². The number of aldehydes is 1. The molecule has 1 aromatic carbocycles. The summed E-state index contributed by atoms with van der Waals surface area (Å²) in [6, 6.07) is 10.4. The molecule has 1 heterocycles. The number of rotatable bonds is 5. The first-order valence-corrected chi connectivity index (χ1v) is 6.19. The second-order valence-electron chi connectivity index (χ2n) is 4.12. The minimum absolute atomic E-state index is 0.137. The molecule has 4 nitrogen and oxygen atoms in total. The summed E-state index contributed by atoms with van der Waals surface area (Å²) >= 11 is 0. The molecule has 2 aromatic rings. The minimum atomic E-state index is -0.137. The highest BCUT2D eigenvalue weighted by Crippen LogP contribution is 2.25. The lowest BCUT2D eigenvalue weighted by Gasteiger charge is -2.07. The van der Waals surface area contributed by atoms with Gasteiger partial charge in [0.05, 0.1) is 5.56 Å². The first-order chi connectivity index (χ1) is 9.26. The summed E-state index contributed by atoms with van der Waals surface area (Å²) in [4.78, 5) is 22.7. The molecule has 1 aromatic heterocycles. The van der Waals surface area contributed by atoms with Crippen molar-refractivity contribution in [3.63, 3.8) is 0 Å². The molecule has 0 fully saturated rings. The van der Waals surface area contributed by atoms with Crippen LogP contribution in [0.3, 0.4) is 0 Å². The Morgan fingerprint density at radius 3 is 2.74 bits per heavy atom. The van der Waals surface area contributed by atoms with Gasteiger partial charge >= 0.3 is 0 Å². The number of carbonyl (C=O) groups is 2. The third kappa shape index (κ3) is 2.91. The number of hydrogen-bond donors (Lipinski definition) is 1. The van der Waals surface area contributed by atoms with Crippen molar-refractivity contribution in [2.75, 3.05) is 6.54 Å². The summed E-state index contributed by atoms with van der Waals surface area (Å²) in [7, 11) is 0. The van der Waals surface area contributed by atoms with E-state index in [-0.39, 0.29) is 11.7 Å². The van der Waals surface area contributed by atoms with Crippen molar-refractivity contribution in [3.8, 4) is 11.3 Å². The van der Waals surface area contributed by atoms with Crippen molar-refractivity contribution in [1.82, 2.24) is 5.32 Å². The first kappa shape index (κ1) is 13.1. The van der Waals surface area contributed by atoms with Crippen LogP contribution in [0.1, 0.15) is 34.3 Å². The summed E-state index contributed by atoms with van der Waals surface area (Å²) in [5.41, 5.74) is 1.23. The molecule has 0 bridgehead atoms. The molecule has 4 heteroatoms. The normalized spacial score (nSPS) is 10.2. The Morgan fingerprint density at radius 2 is 2.05 bits per heavy atom. The molecule has 0 aliphatic carbocycles. The van der Waals surface area contributed by atoms with Gasteiger partial charge in [0.15, 0.2) is 12.0 Å². The van der Waals surface area contributed by atoms with Crippen molar-refractivity contribution in [1.29, 1.82) is 0 Å². The maximum atomic E-state index is 12.1. The fourth-order valence-corrected chi connectivity index (χ4v) is 1.79. The highest BCUT2D eigenvalue weighted by molar-refractivity contribution is 6.00. The van der Waals surface area contributed by atoms with E-state index in [2.05, 4.69) is 5.32 Å². The number of carbonyl (C=O) groups excluding carboxylic acids is 2. The number of furan rings is 1. The van der Waals surface area contributed by atoms with Gasteiger partial charge in [0.2, 0.25) is 0 Å². The number of amides is 1. The fourth-order valence-electron chi connectivity index (χ4n) is 1.79. The Hall–Kier alpha value is -2.36. The van der Waals surface area contributed by atoms with E-state index >= 15 is 0 Å². The average Bonchev–Trinajstić information content (AvgIpc) is 2.93. The van der Waals surface area contributed by atoms with Crippen LogP contribution in [0.15, 0.2) is 40.8 Å². The van der Waals surface area contributed by atoms with Crippen molar-refractivity contribution < 1.29 is 14.0 Å². The highest BCUT2D eigenvalue weighted by Gasteiger charge is 2.14. The standard InChI is InChI=1S/C15H15NO3/c1-2-9-16-15(18)13-6-4-3-5-12(13)14-8-7-11(10-17)19-14/h3-8,10H,2,9H2,1H3,(H,16,18). The predicted octanol–water partition coefficient (Wildman–Crippen LogP) is 2.90. The lowest BCUT2D eigenvalue weighted by atomic mass is 10.0. The molecule has 1 N–H and O–H groups in total. The second-order valence-corrected chi connectivity index (χ2v) is 4.12. The van der Waals surface area contributed by atoms with Crippen LogP contribution in [-0.4, -0.2) is 18.7 Å². The van der Waals surface area contributed by atoms with Gasteiger partial charge in [-0.15, -0.1) is 0 Å². The predicted molar refractivity (Wildman–Crippen MR) is 72.2 cm³/mol. The van der Waals surface area contributed by atoms with E-state index in [0.717, 1.165) is 6.42 Å². The van der Waals surface area contributed by atoms with Crippen molar-refractivity contribution in [2.45, 2.75) is 13.3 Å². The summed E-state index contributed by atoms with van der Waals surface area (Å²) in [6.07, 6.45) is 1.52. The quantitative estimate of drug-likeness (QED) is 0.838. The molecular formula is C15H15NO3. The second kappa shape index (κ2) is 6.00. The molecule has 0 atom stereocenters. The SMILES string of the molecule is CCCNC(=O)c1ccccc1-c1ccc(C=O)o1. The highest BCUT2D eigenvalue weighted by atomic mass is 16.3. The van der Waals surface area contributed by atoms with Crippen molar-refractivity contribution in [3.05, 3.63) is 47.7 Å². The van der Waals surface area contributed by atoms with Gasteiger partial charge in [-0.05, 0) is 24.6 Å². The number of nitrogens with one attached hydrogen (secondary N) is 1. The third-order valence-electron chi connectivity index (χ3n) is 2.72. The van der Waals surface area contributed by atoms with Crippen LogP contribution in [0, 0.1) is 0 Å². The van der Waals surface area contributed by atoms with E-state index in [1.54, 1.807) is 30.3 Å². The Labute approximate surface area is 111 Å². The van der Waals surface area contributed by atoms with E-state index in [4.69, 9.17) is 4.42 Å². The van der Waals surface area contributed by atoms with Gasteiger partial charge in [-0.3, -0.25) is 9.59 Å².